The Bertz CT molecular complexity index is 488. The van der Waals surface area contributed by atoms with Gasteiger partial charge in [-0.25, -0.2) is 0 Å². The molecule has 0 amide bonds. The molecule has 148 valence electrons. The molecular weight excluding hydrogens is 318 g/mol. The van der Waals surface area contributed by atoms with E-state index in [9.17, 15) is 0 Å². The molecule has 2 nitrogen and oxygen atoms in total. The van der Waals surface area contributed by atoms with E-state index in [0.717, 1.165) is 31.0 Å². The van der Waals surface area contributed by atoms with Gasteiger partial charge in [-0.2, -0.15) is 0 Å². The molecule has 0 bridgehead atoms. The normalized spacial score (nSPS) is 28.2. The smallest absolute Gasteiger partial charge is 0.0717 e. The van der Waals surface area contributed by atoms with E-state index < -0.39 is 0 Å². The van der Waals surface area contributed by atoms with E-state index in [-0.39, 0.29) is 0 Å². The van der Waals surface area contributed by atoms with E-state index in [1.54, 1.807) is 0 Å². The molecule has 1 fully saturated rings. The molecular formula is C24H41NO. The lowest BCUT2D eigenvalue weighted by Crippen LogP contribution is -2.54. The van der Waals surface area contributed by atoms with Crippen LogP contribution in [0.4, 0.5) is 0 Å². The molecule has 1 aromatic carbocycles. The van der Waals surface area contributed by atoms with E-state index in [4.69, 9.17) is 4.74 Å². The highest BCUT2D eigenvalue weighted by Crippen LogP contribution is 2.34. The predicted octanol–water partition coefficient (Wildman–Crippen LogP) is 6.01. The second-order valence-corrected chi connectivity index (χ2v) is 8.63. The fraction of sp³-hybridized carbons (Fsp3) is 0.750. The van der Waals surface area contributed by atoms with E-state index in [1.165, 1.54) is 44.3 Å². The molecule has 0 radical (unpaired) electrons. The van der Waals surface area contributed by atoms with Crippen LogP contribution in [0.5, 0.6) is 0 Å². The number of unbranched alkanes of at least 4 members (excludes halogenated alkanes) is 1. The van der Waals surface area contributed by atoms with Gasteiger partial charge in [0.25, 0.3) is 0 Å². The number of likely N-dealkylation sites (tertiary alicyclic amines) is 1. The monoisotopic (exact) mass is 359 g/mol. The first kappa shape index (κ1) is 21.4. The molecule has 5 unspecified atom stereocenters. The minimum absolute atomic E-state index is 0.556. The molecule has 0 spiro atoms. The van der Waals surface area contributed by atoms with Crippen molar-refractivity contribution in [2.24, 2.45) is 23.7 Å². The van der Waals surface area contributed by atoms with Crippen molar-refractivity contribution in [1.29, 1.82) is 0 Å². The first-order valence-corrected chi connectivity index (χ1v) is 10.9. The first-order valence-electron chi connectivity index (χ1n) is 10.9. The summed E-state index contributed by atoms with van der Waals surface area (Å²) in [6.07, 6.45) is 5.35. The van der Waals surface area contributed by atoms with E-state index >= 15 is 0 Å². The van der Waals surface area contributed by atoms with Crippen molar-refractivity contribution in [2.45, 2.75) is 73.0 Å². The van der Waals surface area contributed by atoms with E-state index in [0.29, 0.717) is 12.0 Å². The number of piperidine rings is 1. The lowest BCUT2D eigenvalue weighted by Gasteiger charge is -2.47. The summed E-state index contributed by atoms with van der Waals surface area (Å²) in [5.41, 5.74) is 1.28. The lowest BCUT2D eigenvalue weighted by atomic mass is 9.76. The standard InChI is InChI=1S/C24H41NO/c1-6-8-12-22(7-2)16-25-15-19(3)20(4)21(5)24(25)18-26-17-23-13-10-9-11-14-23/h9-11,13-14,19-22,24H,6-8,12,15-18H2,1-5H3. The molecule has 0 N–H and O–H groups in total. The van der Waals surface area contributed by atoms with Crippen LogP contribution in [0.1, 0.15) is 65.9 Å². The van der Waals surface area contributed by atoms with Crippen LogP contribution in [-0.4, -0.2) is 30.6 Å². The average Bonchev–Trinajstić information content (AvgIpc) is 2.66. The number of hydrogen-bond acceptors (Lipinski definition) is 2. The quantitative estimate of drug-likeness (QED) is 0.507. The van der Waals surface area contributed by atoms with Gasteiger partial charge in [0.2, 0.25) is 0 Å². The van der Waals surface area contributed by atoms with Crippen LogP contribution in [0.2, 0.25) is 0 Å². The van der Waals surface area contributed by atoms with Crippen LogP contribution >= 0.6 is 0 Å². The Morgan fingerprint density at radius 3 is 2.46 bits per heavy atom. The van der Waals surface area contributed by atoms with Crippen LogP contribution in [0.15, 0.2) is 30.3 Å². The second-order valence-electron chi connectivity index (χ2n) is 8.63. The Morgan fingerprint density at radius 1 is 1.08 bits per heavy atom. The fourth-order valence-electron chi connectivity index (χ4n) is 4.46. The highest BCUT2D eigenvalue weighted by atomic mass is 16.5. The van der Waals surface area contributed by atoms with Gasteiger partial charge in [0.05, 0.1) is 13.2 Å². The Hall–Kier alpha value is -0.860. The third-order valence-corrected chi connectivity index (χ3v) is 6.76. The Labute approximate surface area is 162 Å². The maximum Gasteiger partial charge on any atom is 0.0717 e. The highest BCUT2D eigenvalue weighted by molar-refractivity contribution is 5.13. The molecule has 1 heterocycles. The predicted molar refractivity (Wildman–Crippen MR) is 112 cm³/mol. The van der Waals surface area contributed by atoms with Crippen molar-refractivity contribution < 1.29 is 4.74 Å². The summed E-state index contributed by atoms with van der Waals surface area (Å²) >= 11 is 0. The Balaban J connectivity index is 1.97. The second kappa shape index (κ2) is 11.1. The minimum atomic E-state index is 0.556. The molecule has 1 aliphatic rings. The summed E-state index contributed by atoms with van der Waals surface area (Å²) in [6, 6.07) is 11.1. The largest absolute Gasteiger partial charge is 0.375 e. The fourth-order valence-corrected chi connectivity index (χ4v) is 4.46. The molecule has 26 heavy (non-hydrogen) atoms. The summed E-state index contributed by atoms with van der Waals surface area (Å²) in [5.74, 6) is 3.07. The summed E-state index contributed by atoms with van der Waals surface area (Å²) in [4.78, 5) is 2.77. The average molecular weight is 360 g/mol. The van der Waals surface area contributed by atoms with E-state index in [1.807, 2.05) is 0 Å². The number of hydrogen-bond donors (Lipinski definition) is 0. The molecule has 0 aliphatic carbocycles. The molecule has 2 rings (SSSR count). The lowest BCUT2D eigenvalue weighted by molar-refractivity contribution is -0.0376. The van der Waals surface area contributed by atoms with Crippen molar-refractivity contribution in [1.82, 2.24) is 4.90 Å². The van der Waals surface area contributed by atoms with Crippen molar-refractivity contribution in [3.8, 4) is 0 Å². The van der Waals surface area contributed by atoms with Gasteiger partial charge in [0, 0.05) is 19.1 Å². The van der Waals surface area contributed by atoms with Gasteiger partial charge in [0.1, 0.15) is 0 Å². The molecule has 1 saturated heterocycles. The van der Waals surface area contributed by atoms with Gasteiger partial charge in [0.15, 0.2) is 0 Å². The van der Waals surface area contributed by atoms with Gasteiger partial charge < -0.3 is 4.74 Å². The third kappa shape index (κ3) is 6.09. The van der Waals surface area contributed by atoms with Gasteiger partial charge in [-0.1, -0.05) is 84.2 Å². The van der Waals surface area contributed by atoms with Crippen molar-refractivity contribution in [3.05, 3.63) is 35.9 Å². The number of benzene rings is 1. The molecule has 1 aliphatic heterocycles. The number of nitrogens with zero attached hydrogens (tertiary/aromatic N) is 1. The Kier molecular flexibility index (Phi) is 9.15. The van der Waals surface area contributed by atoms with Gasteiger partial charge in [-0.05, 0) is 35.7 Å². The number of ether oxygens (including phenoxy) is 1. The topological polar surface area (TPSA) is 12.5 Å². The van der Waals surface area contributed by atoms with Crippen LogP contribution in [0, 0.1) is 23.7 Å². The van der Waals surface area contributed by atoms with Gasteiger partial charge in [-0.15, -0.1) is 0 Å². The van der Waals surface area contributed by atoms with Crippen LogP contribution in [0.25, 0.3) is 0 Å². The molecule has 2 heteroatoms. The zero-order valence-electron chi connectivity index (χ0n) is 17.8. The van der Waals surface area contributed by atoms with Crippen molar-refractivity contribution >= 4 is 0 Å². The molecule has 0 saturated carbocycles. The zero-order chi connectivity index (χ0) is 18.9. The van der Waals surface area contributed by atoms with Crippen LogP contribution in [0.3, 0.4) is 0 Å². The van der Waals surface area contributed by atoms with Crippen molar-refractivity contribution in [3.63, 3.8) is 0 Å². The third-order valence-electron chi connectivity index (χ3n) is 6.76. The summed E-state index contributed by atoms with van der Waals surface area (Å²) < 4.78 is 6.20. The van der Waals surface area contributed by atoms with Crippen LogP contribution in [-0.2, 0) is 11.3 Å². The highest BCUT2D eigenvalue weighted by Gasteiger charge is 2.37. The Morgan fingerprint density at radius 2 is 1.81 bits per heavy atom. The SMILES string of the molecule is CCCCC(CC)CN1CC(C)C(C)C(C)C1COCc1ccccc1. The van der Waals surface area contributed by atoms with E-state index in [2.05, 4.69) is 69.9 Å². The molecule has 1 aromatic rings. The van der Waals surface area contributed by atoms with Crippen molar-refractivity contribution in [2.75, 3.05) is 19.7 Å². The number of rotatable bonds is 10. The summed E-state index contributed by atoms with van der Waals surface area (Å²) in [6.45, 7) is 16.0. The maximum atomic E-state index is 6.20. The minimum Gasteiger partial charge on any atom is -0.375 e. The summed E-state index contributed by atoms with van der Waals surface area (Å²) in [7, 11) is 0. The molecule has 5 atom stereocenters. The van der Waals surface area contributed by atoms with Crippen LogP contribution < -0.4 is 0 Å². The maximum absolute atomic E-state index is 6.20. The summed E-state index contributed by atoms with van der Waals surface area (Å²) in [5, 5.41) is 0. The van der Waals surface area contributed by atoms with Gasteiger partial charge >= 0.3 is 0 Å². The van der Waals surface area contributed by atoms with Gasteiger partial charge in [-0.3, -0.25) is 4.90 Å². The first-order chi connectivity index (χ1) is 12.6. The zero-order valence-corrected chi connectivity index (χ0v) is 17.8. The molecule has 0 aromatic heterocycles.